The van der Waals surface area contributed by atoms with Crippen LogP contribution in [0.25, 0.3) is 0 Å². The molecule has 0 aliphatic rings. The van der Waals surface area contributed by atoms with Gasteiger partial charge in [0.25, 0.3) is 0 Å². The van der Waals surface area contributed by atoms with Crippen molar-refractivity contribution in [2.24, 2.45) is 4.99 Å². The highest BCUT2D eigenvalue weighted by Gasteiger charge is 2.07. The van der Waals surface area contributed by atoms with Crippen LogP contribution < -0.4 is 5.32 Å². The van der Waals surface area contributed by atoms with E-state index >= 15 is 0 Å². The summed E-state index contributed by atoms with van der Waals surface area (Å²) in [5.41, 5.74) is 5.23. The fourth-order valence-corrected chi connectivity index (χ4v) is 2.71. The summed E-state index contributed by atoms with van der Waals surface area (Å²) in [6, 6.07) is 10.9. The first-order valence-electron chi connectivity index (χ1n) is 8.53. The Morgan fingerprint density at radius 1 is 1.17 bits per heavy atom. The highest BCUT2D eigenvalue weighted by molar-refractivity contribution is 5.79. The van der Waals surface area contributed by atoms with Gasteiger partial charge in [0, 0.05) is 39.6 Å². The van der Waals surface area contributed by atoms with Crippen LogP contribution in [-0.2, 0) is 19.4 Å². The summed E-state index contributed by atoms with van der Waals surface area (Å²) in [4.78, 5) is 10.7. The van der Waals surface area contributed by atoms with E-state index in [0.717, 1.165) is 31.9 Å². The van der Waals surface area contributed by atoms with Crippen LogP contribution in [0.1, 0.15) is 29.2 Å². The quantitative estimate of drug-likeness (QED) is 0.655. The van der Waals surface area contributed by atoms with Crippen molar-refractivity contribution < 1.29 is 0 Å². The highest BCUT2D eigenvalue weighted by Crippen LogP contribution is 2.08. The van der Waals surface area contributed by atoms with E-state index in [1.54, 1.807) is 0 Å². The molecule has 4 nitrogen and oxygen atoms in total. The van der Waals surface area contributed by atoms with Gasteiger partial charge in [0.15, 0.2) is 5.96 Å². The van der Waals surface area contributed by atoms with Crippen molar-refractivity contribution in [3.05, 3.63) is 65.0 Å². The third kappa shape index (κ3) is 5.08. The maximum Gasteiger partial charge on any atom is 0.193 e. The number of aryl methyl sites for hydroxylation is 2. The van der Waals surface area contributed by atoms with Crippen molar-refractivity contribution in [1.82, 2.24) is 15.2 Å². The average Bonchev–Trinajstić information content (AvgIpc) is 2.60. The lowest BCUT2D eigenvalue weighted by molar-refractivity contribution is 0.477. The average molecular weight is 324 g/mol. The number of pyridine rings is 1. The van der Waals surface area contributed by atoms with Gasteiger partial charge in [0.05, 0.1) is 0 Å². The molecule has 24 heavy (non-hydrogen) atoms. The van der Waals surface area contributed by atoms with Gasteiger partial charge in [-0.15, -0.1) is 0 Å². The first-order valence-corrected chi connectivity index (χ1v) is 8.53. The van der Waals surface area contributed by atoms with Gasteiger partial charge < -0.3 is 10.2 Å². The van der Waals surface area contributed by atoms with Crippen LogP contribution in [0, 0.1) is 6.92 Å². The summed E-state index contributed by atoms with van der Waals surface area (Å²) in [5.74, 6) is 0.918. The van der Waals surface area contributed by atoms with Crippen molar-refractivity contribution in [1.29, 1.82) is 0 Å². The topological polar surface area (TPSA) is 40.5 Å². The van der Waals surface area contributed by atoms with E-state index in [9.17, 15) is 0 Å². The fourth-order valence-electron chi connectivity index (χ4n) is 2.71. The van der Waals surface area contributed by atoms with Crippen LogP contribution in [0.5, 0.6) is 0 Å². The zero-order valence-corrected chi connectivity index (χ0v) is 15.2. The molecule has 0 bridgehead atoms. The number of guanidine groups is 1. The molecular formula is C20H28N4. The Labute approximate surface area is 145 Å². The molecule has 0 atom stereocenters. The zero-order chi connectivity index (χ0) is 17.4. The Bertz CT molecular complexity index is 662. The molecule has 0 amide bonds. The third-order valence-corrected chi connectivity index (χ3v) is 4.24. The fraction of sp³-hybridized carbons (Fsp3) is 0.400. The molecule has 2 aromatic rings. The van der Waals surface area contributed by atoms with Gasteiger partial charge in [-0.2, -0.15) is 0 Å². The van der Waals surface area contributed by atoms with Crippen molar-refractivity contribution in [3.8, 4) is 0 Å². The molecule has 0 saturated carbocycles. The summed E-state index contributed by atoms with van der Waals surface area (Å²) in [6.45, 7) is 5.98. The van der Waals surface area contributed by atoms with Gasteiger partial charge in [0.2, 0.25) is 0 Å². The van der Waals surface area contributed by atoms with Gasteiger partial charge in [0.1, 0.15) is 0 Å². The van der Waals surface area contributed by atoms with Gasteiger partial charge in [-0.1, -0.05) is 31.2 Å². The molecule has 0 radical (unpaired) electrons. The third-order valence-electron chi connectivity index (χ3n) is 4.24. The normalized spacial score (nSPS) is 11.4. The van der Waals surface area contributed by atoms with E-state index in [2.05, 4.69) is 71.4 Å². The number of hydrogen-bond donors (Lipinski definition) is 1. The van der Waals surface area contributed by atoms with Crippen LogP contribution in [0.2, 0.25) is 0 Å². The Morgan fingerprint density at radius 3 is 2.50 bits per heavy atom. The van der Waals surface area contributed by atoms with Gasteiger partial charge >= 0.3 is 0 Å². The predicted octanol–water partition coefficient (Wildman–Crippen LogP) is 3.20. The van der Waals surface area contributed by atoms with Gasteiger partial charge in [-0.05, 0) is 48.1 Å². The molecule has 0 aliphatic carbocycles. The first-order chi connectivity index (χ1) is 11.6. The Kier molecular flexibility index (Phi) is 6.79. The standard InChI is InChI=1S/C20H28N4/c1-5-17-6-8-18(9-7-17)15-24(4)20(21-3)23-13-11-19-10-12-22-14-16(19)2/h6-10,12,14H,5,11,13,15H2,1-4H3,(H,21,23). The van der Waals surface area contributed by atoms with E-state index in [4.69, 9.17) is 0 Å². The molecule has 2 rings (SSSR count). The Hall–Kier alpha value is -2.36. The minimum absolute atomic E-state index is 0.845. The van der Waals surface area contributed by atoms with E-state index in [-0.39, 0.29) is 0 Å². The Morgan fingerprint density at radius 2 is 1.88 bits per heavy atom. The molecule has 0 aliphatic heterocycles. The maximum absolute atomic E-state index is 4.39. The number of nitrogens with zero attached hydrogens (tertiary/aromatic N) is 3. The second kappa shape index (κ2) is 9.06. The number of hydrogen-bond acceptors (Lipinski definition) is 2. The summed E-state index contributed by atoms with van der Waals surface area (Å²) in [7, 11) is 3.90. The molecule has 128 valence electrons. The lowest BCUT2D eigenvalue weighted by Crippen LogP contribution is -2.39. The number of benzene rings is 1. The zero-order valence-electron chi connectivity index (χ0n) is 15.2. The molecule has 0 saturated heterocycles. The monoisotopic (exact) mass is 324 g/mol. The Balaban J connectivity index is 1.87. The van der Waals surface area contributed by atoms with E-state index in [1.807, 2.05) is 19.4 Å². The molecule has 0 spiro atoms. The molecule has 1 N–H and O–H groups in total. The molecule has 1 aromatic carbocycles. The van der Waals surface area contributed by atoms with Gasteiger partial charge in [-0.25, -0.2) is 0 Å². The molecule has 0 fully saturated rings. The molecule has 1 heterocycles. The molecular weight excluding hydrogens is 296 g/mol. The van der Waals surface area contributed by atoms with Crippen LogP contribution >= 0.6 is 0 Å². The lowest BCUT2D eigenvalue weighted by atomic mass is 10.1. The summed E-state index contributed by atoms with van der Waals surface area (Å²) in [5, 5.41) is 3.44. The van der Waals surface area contributed by atoms with Gasteiger partial charge in [-0.3, -0.25) is 9.98 Å². The van der Waals surface area contributed by atoms with Crippen LogP contribution in [-0.4, -0.2) is 36.5 Å². The number of aromatic nitrogens is 1. The van der Waals surface area contributed by atoms with E-state index in [1.165, 1.54) is 22.3 Å². The number of rotatable bonds is 6. The van der Waals surface area contributed by atoms with Crippen LogP contribution in [0.3, 0.4) is 0 Å². The summed E-state index contributed by atoms with van der Waals surface area (Å²) in [6.07, 6.45) is 5.81. The lowest BCUT2D eigenvalue weighted by Gasteiger charge is -2.22. The van der Waals surface area contributed by atoms with Crippen molar-refractivity contribution >= 4 is 5.96 Å². The minimum Gasteiger partial charge on any atom is -0.356 e. The van der Waals surface area contributed by atoms with E-state index < -0.39 is 0 Å². The predicted molar refractivity (Wildman–Crippen MR) is 101 cm³/mol. The highest BCUT2D eigenvalue weighted by atomic mass is 15.3. The van der Waals surface area contributed by atoms with Crippen molar-refractivity contribution in [3.63, 3.8) is 0 Å². The first kappa shape index (κ1) is 18.0. The number of aliphatic imine (C=N–C) groups is 1. The largest absolute Gasteiger partial charge is 0.356 e. The smallest absolute Gasteiger partial charge is 0.193 e. The molecule has 4 heteroatoms. The van der Waals surface area contributed by atoms with Crippen molar-refractivity contribution in [2.75, 3.05) is 20.6 Å². The SMILES string of the molecule is CCc1ccc(CN(C)C(=NC)NCCc2ccncc2C)cc1. The molecule has 0 unspecified atom stereocenters. The minimum atomic E-state index is 0.845. The van der Waals surface area contributed by atoms with Crippen molar-refractivity contribution in [2.45, 2.75) is 33.2 Å². The summed E-state index contributed by atoms with van der Waals surface area (Å²) < 4.78 is 0. The van der Waals surface area contributed by atoms with Crippen LogP contribution in [0.15, 0.2) is 47.7 Å². The van der Waals surface area contributed by atoms with E-state index in [0.29, 0.717) is 0 Å². The molecule has 1 aromatic heterocycles. The second-order valence-corrected chi connectivity index (χ2v) is 6.05. The maximum atomic E-state index is 4.39. The number of nitrogens with one attached hydrogen (secondary N) is 1. The summed E-state index contributed by atoms with van der Waals surface area (Å²) >= 11 is 0. The second-order valence-electron chi connectivity index (χ2n) is 6.05. The van der Waals surface area contributed by atoms with Crippen LogP contribution in [0.4, 0.5) is 0 Å².